The van der Waals surface area contributed by atoms with E-state index in [4.69, 9.17) is 4.98 Å². The number of benzene rings is 2. The first-order valence-corrected chi connectivity index (χ1v) is 12.8. The summed E-state index contributed by atoms with van der Waals surface area (Å²) in [6.07, 6.45) is 0. The minimum absolute atomic E-state index is 0.0275. The van der Waals surface area contributed by atoms with Crippen molar-refractivity contribution in [1.82, 2.24) is 19.3 Å². The van der Waals surface area contributed by atoms with E-state index < -0.39 is 0 Å². The van der Waals surface area contributed by atoms with Crippen LogP contribution in [0.25, 0.3) is 11.0 Å². The Hall–Kier alpha value is -3.39. The normalized spacial score (nSPS) is 11.2. The van der Waals surface area contributed by atoms with Gasteiger partial charge in [-0.15, -0.1) is 0 Å². The third-order valence-corrected chi connectivity index (χ3v) is 6.96. The Morgan fingerprint density at radius 3 is 2.43 bits per heavy atom. The van der Waals surface area contributed by atoms with Gasteiger partial charge in [0.15, 0.2) is 10.7 Å². The molecule has 2 aromatic heterocycles. The lowest BCUT2D eigenvalue weighted by atomic mass is 10.1. The van der Waals surface area contributed by atoms with Crippen molar-refractivity contribution in [3.05, 3.63) is 81.3 Å². The Morgan fingerprint density at radius 1 is 1.03 bits per heavy atom. The van der Waals surface area contributed by atoms with Crippen LogP contribution in [-0.2, 0) is 17.9 Å². The number of anilines is 1. The molecule has 0 N–H and O–H groups in total. The van der Waals surface area contributed by atoms with Crippen molar-refractivity contribution in [3.8, 4) is 0 Å². The van der Waals surface area contributed by atoms with Gasteiger partial charge in [-0.1, -0.05) is 53.7 Å². The van der Waals surface area contributed by atoms with Crippen molar-refractivity contribution >= 4 is 34.4 Å². The lowest BCUT2D eigenvalue weighted by molar-refractivity contribution is -0.116. The van der Waals surface area contributed by atoms with Gasteiger partial charge in [0.2, 0.25) is 5.91 Å². The molecule has 2 heterocycles. The second-order valence-electron chi connectivity index (χ2n) is 8.64. The van der Waals surface area contributed by atoms with Crippen LogP contribution in [0.1, 0.15) is 36.2 Å². The molecule has 0 aliphatic carbocycles. The average Bonchev–Trinajstić information content (AvgIpc) is 3.17. The molecular weight excluding hydrogens is 458 g/mol. The molecule has 1 amide bonds. The topological polar surface area (TPSA) is 73.0 Å². The van der Waals surface area contributed by atoms with E-state index in [0.29, 0.717) is 41.5 Å². The molecule has 0 aliphatic heterocycles. The minimum atomic E-state index is -0.140. The second kappa shape index (κ2) is 10.5. The van der Waals surface area contributed by atoms with Gasteiger partial charge in [-0.2, -0.15) is 5.10 Å². The first kappa shape index (κ1) is 24.7. The third kappa shape index (κ3) is 5.17. The van der Waals surface area contributed by atoms with Gasteiger partial charge in [0.1, 0.15) is 5.52 Å². The Kier molecular flexibility index (Phi) is 7.40. The van der Waals surface area contributed by atoms with E-state index >= 15 is 0 Å². The van der Waals surface area contributed by atoms with Gasteiger partial charge >= 0.3 is 0 Å². The second-order valence-corrected chi connectivity index (χ2v) is 9.58. The Balaban J connectivity index is 1.71. The molecule has 0 aliphatic rings. The van der Waals surface area contributed by atoms with Crippen LogP contribution in [0, 0.1) is 20.8 Å². The number of carbonyl (C=O) groups excluding carboxylic acids is 1. The molecule has 2 aromatic carbocycles. The maximum atomic E-state index is 13.7. The molecule has 0 atom stereocenters. The van der Waals surface area contributed by atoms with Crippen molar-refractivity contribution in [2.24, 2.45) is 0 Å². The predicted molar refractivity (Wildman–Crippen MR) is 142 cm³/mol. The highest BCUT2D eigenvalue weighted by atomic mass is 32.2. The Morgan fingerprint density at radius 2 is 1.77 bits per heavy atom. The van der Waals surface area contributed by atoms with Crippen LogP contribution in [0.3, 0.4) is 0 Å². The van der Waals surface area contributed by atoms with Crippen molar-refractivity contribution < 1.29 is 4.79 Å². The molecule has 0 saturated heterocycles. The van der Waals surface area contributed by atoms with E-state index in [-0.39, 0.29) is 17.2 Å². The van der Waals surface area contributed by atoms with E-state index in [1.54, 1.807) is 14.1 Å². The number of amides is 1. The first-order chi connectivity index (χ1) is 16.8. The number of hydrogen-bond acceptors (Lipinski definition) is 5. The predicted octanol–water partition coefficient (Wildman–Crippen LogP) is 4.73. The standard InChI is InChI=1S/C27H31N5O2S/c1-6-30(22-10-8-9-19(4)15-22)23(33)17-35-27-28-24-20(5)29-32(7-2)25(24)26(34)31(27)16-21-13-11-18(3)12-14-21/h8-15H,6-7,16-17H2,1-5H3. The summed E-state index contributed by atoms with van der Waals surface area (Å²) in [5.74, 6) is 0.148. The smallest absolute Gasteiger partial charge is 0.280 e. The van der Waals surface area contributed by atoms with Crippen molar-refractivity contribution in [2.45, 2.75) is 52.9 Å². The van der Waals surface area contributed by atoms with Crippen LogP contribution < -0.4 is 10.5 Å². The molecule has 4 rings (SSSR count). The number of carbonyl (C=O) groups is 1. The zero-order valence-electron chi connectivity index (χ0n) is 20.9. The number of aromatic nitrogens is 4. The fourth-order valence-electron chi connectivity index (χ4n) is 4.15. The van der Waals surface area contributed by atoms with Crippen LogP contribution in [-0.4, -0.2) is 37.5 Å². The van der Waals surface area contributed by atoms with Gasteiger partial charge in [-0.25, -0.2) is 4.98 Å². The summed E-state index contributed by atoms with van der Waals surface area (Å²) in [5.41, 5.74) is 5.80. The SMILES string of the molecule is CCN(C(=O)CSc1nc2c(C)nn(CC)c2c(=O)n1Cc1ccc(C)cc1)c1cccc(C)c1. The highest BCUT2D eigenvalue weighted by molar-refractivity contribution is 7.99. The maximum Gasteiger partial charge on any atom is 0.280 e. The molecule has 182 valence electrons. The zero-order chi connectivity index (χ0) is 25.1. The third-order valence-electron chi connectivity index (χ3n) is 6.00. The Labute approximate surface area is 209 Å². The van der Waals surface area contributed by atoms with Gasteiger partial charge in [-0.3, -0.25) is 18.8 Å². The van der Waals surface area contributed by atoms with Crippen LogP contribution in [0.15, 0.2) is 58.5 Å². The number of thioether (sulfide) groups is 1. The van der Waals surface area contributed by atoms with Crippen molar-refractivity contribution in [2.75, 3.05) is 17.2 Å². The van der Waals surface area contributed by atoms with E-state index in [1.807, 2.05) is 83.1 Å². The lowest BCUT2D eigenvalue weighted by Crippen LogP contribution is -2.32. The molecule has 0 bridgehead atoms. The van der Waals surface area contributed by atoms with Gasteiger partial charge in [0, 0.05) is 18.8 Å². The Bertz CT molecular complexity index is 1420. The molecule has 0 radical (unpaired) electrons. The summed E-state index contributed by atoms with van der Waals surface area (Å²) in [6, 6.07) is 16.0. The molecule has 35 heavy (non-hydrogen) atoms. The molecule has 4 aromatic rings. The molecule has 0 saturated carbocycles. The number of hydrogen-bond donors (Lipinski definition) is 0. The van der Waals surface area contributed by atoms with Crippen LogP contribution in [0.5, 0.6) is 0 Å². The zero-order valence-corrected chi connectivity index (χ0v) is 21.7. The lowest BCUT2D eigenvalue weighted by Gasteiger charge is -2.21. The number of fused-ring (bicyclic) bond motifs is 1. The van der Waals surface area contributed by atoms with Gasteiger partial charge in [-0.05, 0) is 57.9 Å². The fourth-order valence-corrected chi connectivity index (χ4v) is 5.01. The summed E-state index contributed by atoms with van der Waals surface area (Å²) in [7, 11) is 0. The van der Waals surface area contributed by atoms with Crippen LogP contribution in [0.2, 0.25) is 0 Å². The summed E-state index contributed by atoms with van der Waals surface area (Å²) in [4.78, 5) is 33.5. The van der Waals surface area contributed by atoms with Gasteiger partial charge < -0.3 is 4.90 Å². The molecule has 0 spiro atoms. The van der Waals surface area contributed by atoms with Crippen LogP contribution >= 0.6 is 11.8 Å². The van der Waals surface area contributed by atoms with E-state index in [1.165, 1.54) is 11.8 Å². The highest BCUT2D eigenvalue weighted by Crippen LogP contribution is 2.23. The van der Waals surface area contributed by atoms with E-state index in [0.717, 1.165) is 22.4 Å². The quantitative estimate of drug-likeness (QED) is 0.264. The molecular formula is C27H31N5O2S. The summed E-state index contributed by atoms with van der Waals surface area (Å²) >= 11 is 1.30. The van der Waals surface area contributed by atoms with Crippen molar-refractivity contribution in [1.29, 1.82) is 0 Å². The minimum Gasteiger partial charge on any atom is -0.312 e. The molecule has 0 fully saturated rings. The summed E-state index contributed by atoms with van der Waals surface area (Å²) in [6.45, 7) is 11.4. The number of rotatable bonds is 8. The van der Waals surface area contributed by atoms with Gasteiger partial charge in [0.25, 0.3) is 5.56 Å². The molecule has 7 nitrogen and oxygen atoms in total. The van der Waals surface area contributed by atoms with E-state index in [2.05, 4.69) is 5.10 Å². The van der Waals surface area contributed by atoms with Crippen molar-refractivity contribution in [3.63, 3.8) is 0 Å². The largest absolute Gasteiger partial charge is 0.312 e. The van der Waals surface area contributed by atoms with Gasteiger partial charge in [0.05, 0.1) is 18.0 Å². The number of nitrogens with zero attached hydrogens (tertiary/aromatic N) is 5. The average molecular weight is 490 g/mol. The molecule has 0 unspecified atom stereocenters. The summed E-state index contributed by atoms with van der Waals surface area (Å²) in [5, 5.41) is 5.03. The monoisotopic (exact) mass is 489 g/mol. The van der Waals surface area contributed by atoms with Crippen LogP contribution in [0.4, 0.5) is 5.69 Å². The highest BCUT2D eigenvalue weighted by Gasteiger charge is 2.21. The number of aryl methyl sites for hydroxylation is 4. The fraction of sp³-hybridized carbons (Fsp3) is 0.333. The van der Waals surface area contributed by atoms with E-state index in [9.17, 15) is 9.59 Å². The first-order valence-electron chi connectivity index (χ1n) is 11.9. The molecule has 8 heteroatoms. The summed E-state index contributed by atoms with van der Waals surface area (Å²) < 4.78 is 3.38. The maximum absolute atomic E-state index is 13.7.